The maximum Gasteiger partial charge on any atom is 0.298 e. The van der Waals surface area contributed by atoms with Crippen LogP contribution in [0.5, 0.6) is 0 Å². The first-order valence-electron chi connectivity index (χ1n) is 6.70. The molecule has 1 atom stereocenters. The molecule has 1 aromatic heterocycles. The van der Waals surface area contributed by atoms with Crippen molar-refractivity contribution in [1.82, 2.24) is 10.4 Å². The van der Waals surface area contributed by atoms with E-state index in [1.54, 1.807) is 24.2 Å². The summed E-state index contributed by atoms with van der Waals surface area (Å²) in [5, 5.41) is 5.03. The maximum atomic E-state index is 11.7. The number of hydrazone groups is 1. The van der Waals surface area contributed by atoms with E-state index in [1.807, 2.05) is 36.6 Å². The Morgan fingerprint density at radius 1 is 1.48 bits per heavy atom. The van der Waals surface area contributed by atoms with Crippen LogP contribution in [-0.4, -0.2) is 35.2 Å². The van der Waals surface area contributed by atoms with Crippen molar-refractivity contribution >= 4 is 47.2 Å². The number of hydrogen-bond acceptors (Lipinski definition) is 4. The quantitative estimate of drug-likeness (QED) is 0.475. The number of pyridine rings is 1. The molecule has 2 rings (SSSR count). The van der Waals surface area contributed by atoms with Crippen LogP contribution in [0.15, 0.2) is 41.6 Å². The second-order valence-electron chi connectivity index (χ2n) is 4.67. The monoisotopic (exact) mass is 374 g/mol. The van der Waals surface area contributed by atoms with Gasteiger partial charge in [-0.1, -0.05) is 12.1 Å². The van der Waals surface area contributed by atoms with Gasteiger partial charge in [0, 0.05) is 18.0 Å². The van der Waals surface area contributed by atoms with Crippen molar-refractivity contribution in [2.45, 2.75) is 12.5 Å². The molecule has 23 heavy (non-hydrogen) atoms. The molecule has 0 radical (unpaired) electrons. The molecule has 1 amide bonds. The zero-order valence-corrected chi connectivity index (χ0v) is 15.1. The molecule has 0 spiro atoms. The molecular weight excluding hydrogens is 355 g/mol. The fourth-order valence-electron chi connectivity index (χ4n) is 1.83. The van der Waals surface area contributed by atoms with Crippen LogP contribution in [0, 0.1) is 0 Å². The lowest BCUT2D eigenvalue weighted by Gasteiger charge is -2.05. The summed E-state index contributed by atoms with van der Waals surface area (Å²) in [5.74, 6) is 0.769. The van der Waals surface area contributed by atoms with Gasteiger partial charge in [0.25, 0.3) is 5.91 Å². The SMILES string of the molecule is CSCC[C@H]([NH3+])C(=O)NN=Cc1ccc2ncccc2c1.Cl.[Cl-]. The molecule has 0 bridgehead atoms. The van der Waals surface area contributed by atoms with Gasteiger partial charge in [-0.3, -0.25) is 9.78 Å². The van der Waals surface area contributed by atoms with Crippen LogP contribution in [-0.2, 0) is 4.79 Å². The molecular formula is C15H20Cl2N4OS. The maximum absolute atomic E-state index is 11.7. The highest BCUT2D eigenvalue weighted by atomic mass is 35.5. The molecule has 0 aliphatic heterocycles. The van der Waals surface area contributed by atoms with E-state index < -0.39 is 0 Å². The van der Waals surface area contributed by atoms with E-state index in [0.29, 0.717) is 0 Å². The van der Waals surface area contributed by atoms with Gasteiger partial charge in [0.15, 0.2) is 6.04 Å². The molecule has 126 valence electrons. The highest BCUT2D eigenvalue weighted by molar-refractivity contribution is 7.98. The Morgan fingerprint density at radius 2 is 2.26 bits per heavy atom. The fraction of sp³-hybridized carbons (Fsp3) is 0.267. The van der Waals surface area contributed by atoms with Gasteiger partial charge in [-0.25, -0.2) is 5.43 Å². The molecule has 1 aromatic carbocycles. The number of hydrogen-bond donors (Lipinski definition) is 2. The van der Waals surface area contributed by atoms with Crippen LogP contribution in [0.1, 0.15) is 12.0 Å². The molecule has 5 nitrogen and oxygen atoms in total. The smallest absolute Gasteiger partial charge is 0.298 e. The van der Waals surface area contributed by atoms with Gasteiger partial charge >= 0.3 is 0 Å². The van der Waals surface area contributed by atoms with Gasteiger partial charge < -0.3 is 18.1 Å². The Labute approximate surface area is 152 Å². The Kier molecular flexibility index (Phi) is 10.6. The predicted octanol–water partition coefficient (Wildman–Crippen LogP) is -1.53. The van der Waals surface area contributed by atoms with Crippen LogP contribution >= 0.6 is 24.2 Å². The molecule has 0 unspecified atom stereocenters. The summed E-state index contributed by atoms with van der Waals surface area (Å²) < 4.78 is 0. The van der Waals surface area contributed by atoms with Crippen molar-refractivity contribution in [2.24, 2.45) is 5.10 Å². The summed E-state index contributed by atoms with van der Waals surface area (Å²) in [6, 6.07) is 9.45. The first-order valence-corrected chi connectivity index (χ1v) is 8.10. The Balaban J connectivity index is 0.00000242. The minimum atomic E-state index is -0.268. The summed E-state index contributed by atoms with van der Waals surface area (Å²) in [7, 11) is 0. The Hall–Kier alpha value is -1.34. The second kappa shape index (κ2) is 11.2. The van der Waals surface area contributed by atoms with E-state index in [4.69, 9.17) is 0 Å². The van der Waals surface area contributed by atoms with Crippen molar-refractivity contribution in [1.29, 1.82) is 0 Å². The number of quaternary nitrogens is 1. The van der Waals surface area contributed by atoms with Gasteiger partial charge in [-0.15, -0.1) is 12.4 Å². The number of halogens is 2. The Morgan fingerprint density at radius 3 is 3.00 bits per heavy atom. The van der Waals surface area contributed by atoms with E-state index in [9.17, 15) is 4.79 Å². The van der Waals surface area contributed by atoms with Gasteiger partial charge in [0.05, 0.1) is 11.7 Å². The minimum absolute atomic E-state index is 0. The van der Waals surface area contributed by atoms with Crippen molar-refractivity contribution in [2.75, 3.05) is 12.0 Å². The largest absolute Gasteiger partial charge is 1.00 e. The lowest BCUT2D eigenvalue weighted by molar-refractivity contribution is -0.403. The molecule has 0 saturated carbocycles. The zero-order valence-electron chi connectivity index (χ0n) is 12.7. The average Bonchev–Trinajstić information content (AvgIpc) is 2.52. The first-order chi connectivity index (χ1) is 10.2. The third-order valence-electron chi connectivity index (χ3n) is 3.06. The highest BCUT2D eigenvalue weighted by Gasteiger charge is 2.15. The predicted molar refractivity (Wildman–Crippen MR) is 94.4 cm³/mol. The van der Waals surface area contributed by atoms with Crippen molar-refractivity contribution in [3.8, 4) is 0 Å². The van der Waals surface area contributed by atoms with Crippen LogP contribution in [0.4, 0.5) is 0 Å². The van der Waals surface area contributed by atoms with E-state index in [2.05, 4.69) is 21.2 Å². The standard InChI is InChI=1S/C15H18N4OS.2ClH/c1-21-8-6-13(16)15(20)19-18-10-11-4-5-14-12(9-11)3-2-7-17-14;;/h2-5,7,9-10,13H,6,8,16H2,1H3,(H,19,20);2*1H/t13-;;/m0../s1. The number of benzene rings is 1. The third-order valence-corrected chi connectivity index (χ3v) is 3.70. The summed E-state index contributed by atoms with van der Waals surface area (Å²) in [5.41, 5.74) is 8.22. The minimum Gasteiger partial charge on any atom is -1.00 e. The number of aromatic nitrogens is 1. The highest BCUT2D eigenvalue weighted by Crippen LogP contribution is 2.11. The van der Waals surface area contributed by atoms with E-state index in [1.165, 1.54) is 0 Å². The zero-order chi connectivity index (χ0) is 15.1. The van der Waals surface area contributed by atoms with E-state index >= 15 is 0 Å². The molecule has 0 aliphatic rings. The average molecular weight is 375 g/mol. The number of rotatable bonds is 6. The molecule has 1 heterocycles. The Bertz CT molecular complexity index is 654. The second-order valence-corrected chi connectivity index (χ2v) is 5.65. The number of fused-ring (bicyclic) bond motifs is 1. The number of carbonyl (C=O) groups excluding carboxylic acids is 1. The van der Waals surface area contributed by atoms with Crippen LogP contribution in [0.25, 0.3) is 10.9 Å². The van der Waals surface area contributed by atoms with E-state index in [0.717, 1.165) is 28.6 Å². The van der Waals surface area contributed by atoms with Crippen LogP contribution in [0.3, 0.4) is 0 Å². The molecule has 4 N–H and O–H groups in total. The number of nitrogens with one attached hydrogen (secondary N) is 1. The normalized spacial score (nSPS) is 11.6. The molecule has 0 fully saturated rings. The summed E-state index contributed by atoms with van der Waals surface area (Å²) in [4.78, 5) is 16.0. The fourth-order valence-corrected chi connectivity index (χ4v) is 2.35. The number of thioether (sulfide) groups is 1. The number of nitrogens with zero attached hydrogens (tertiary/aromatic N) is 2. The molecule has 8 heteroatoms. The van der Waals surface area contributed by atoms with Crippen LogP contribution < -0.4 is 23.6 Å². The topological polar surface area (TPSA) is 82.0 Å². The number of amides is 1. The van der Waals surface area contributed by atoms with Gasteiger partial charge in [-0.05, 0) is 35.8 Å². The summed E-state index contributed by atoms with van der Waals surface area (Å²) >= 11 is 1.70. The molecule has 2 aromatic rings. The van der Waals surface area contributed by atoms with Gasteiger partial charge in [0.2, 0.25) is 0 Å². The lowest BCUT2D eigenvalue weighted by atomic mass is 10.1. The number of carbonyl (C=O) groups is 1. The first kappa shape index (κ1) is 21.7. The van der Waals surface area contributed by atoms with Gasteiger partial charge in [0.1, 0.15) is 0 Å². The van der Waals surface area contributed by atoms with Crippen molar-refractivity contribution in [3.05, 3.63) is 42.1 Å². The summed E-state index contributed by atoms with van der Waals surface area (Å²) in [6.45, 7) is 0. The third kappa shape index (κ3) is 6.74. The van der Waals surface area contributed by atoms with Crippen LogP contribution in [0.2, 0.25) is 0 Å². The van der Waals surface area contributed by atoms with Crippen molar-refractivity contribution < 1.29 is 22.9 Å². The lowest BCUT2D eigenvalue weighted by Crippen LogP contribution is -3.00. The van der Waals surface area contributed by atoms with Crippen molar-refractivity contribution in [3.63, 3.8) is 0 Å². The molecule has 0 saturated heterocycles. The van der Waals surface area contributed by atoms with E-state index in [-0.39, 0.29) is 36.8 Å². The van der Waals surface area contributed by atoms with Gasteiger partial charge in [-0.2, -0.15) is 16.9 Å². The molecule has 0 aliphatic carbocycles. The summed E-state index contributed by atoms with van der Waals surface area (Å²) in [6.07, 6.45) is 6.16.